The fourth-order valence-electron chi connectivity index (χ4n) is 2.68. The highest BCUT2D eigenvalue weighted by Crippen LogP contribution is 2.21. The molecule has 1 aliphatic heterocycles. The highest BCUT2D eigenvalue weighted by Gasteiger charge is 2.18. The molecular formula is C20H18N4O7S. The van der Waals surface area contributed by atoms with Crippen molar-refractivity contribution < 1.29 is 31.8 Å². The summed E-state index contributed by atoms with van der Waals surface area (Å²) in [6.07, 6.45) is 1.36. The van der Waals surface area contributed by atoms with Gasteiger partial charge in [0.25, 0.3) is 21.8 Å². The maximum atomic E-state index is 12.5. The van der Waals surface area contributed by atoms with Crippen LogP contribution in [0.25, 0.3) is 5.76 Å². The summed E-state index contributed by atoms with van der Waals surface area (Å²) >= 11 is 0. The van der Waals surface area contributed by atoms with E-state index in [2.05, 4.69) is 20.2 Å². The van der Waals surface area contributed by atoms with Crippen LogP contribution in [0.2, 0.25) is 0 Å². The van der Waals surface area contributed by atoms with Crippen molar-refractivity contribution in [2.75, 3.05) is 30.4 Å². The van der Waals surface area contributed by atoms with E-state index in [-0.39, 0.29) is 28.1 Å². The summed E-state index contributed by atoms with van der Waals surface area (Å²) in [5.41, 5.74) is 0.549. The number of ether oxygens (including phenoxy) is 3. The molecule has 0 radical (unpaired) electrons. The molecule has 2 aromatic carbocycles. The van der Waals surface area contributed by atoms with Crippen LogP contribution < -0.4 is 14.8 Å². The molecule has 0 atom stereocenters. The van der Waals surface area contributed by atoms with Gasteiger partial charge >= 0.3 is 6.01 Å². The Kier molecular flexibility index (Phi) is 5.94. The number of sulfonamides is 1. The van der Waals surface area contributed by atoms with E-state index in [1.807, 2.05) is 0 Å². The van der Waals surface area contributed by atoms with Gasteiger partial charge in [0.2, 0.25) is 5.76 Å². The molecule has 0 fully saturated rings. The molecule has 0 bridgehead atoms. The van der Waals surface area contributed by atoms with Crippen molar-refractivity contribution in [3.8, 4) is 5.75 Å². The van der Waals surface area contributed by atoms with E-state index < -0.39 is 15.9 Å². The number of benzene rings is 2. The number of rotatable bonds is 7. The van der Waals surface area contributed by atoms with Crippen LogP contribution in [0.15, 0.2) is 64.1 Å². The van der Waals surface area contributed by atoms with Crippen LogP contribution in [0.3, 0.4) is 0 Å². The Labute approximate surface area is 183 Å². The Bertz CT molecular complexity index is 1240. The Morgan fingerprint density at radius 1 is 1.03 bits per heavy atom. The topological polar surface area (TPSA) is 142 Å². The normalized spacial score (nSPS) is 13.3. The minimum atomic E-state index is -3.79. The lowest BCUT2D eigenvalue weighted by Crippen LogP contribution is -2.14. The summed E-state index contributed by atoms with van der Waals surface area (Å²) in [5, 5.41) is 10.0. The van der Waals surface area contributed by atoms with Crippen molar-refractivity contribution in [2.45, 2.75) is 4.90 Å². The summed E-state index contributed by atoms with van der Waals surface area (Å²) in [5.74, 6) is 0.379. The van der Waals surface area contributed by atoms with Crippen molar-refractivity contribution in [3.05, 3.63) is 66.2 Å². The van der Waals surface area contributed by atoms with Crippen molar-refractivity contribution in [3.63, 3.8) is 0 Å². The summed E-state index contributed by atoms with van der Waals surface area (Å²) < 4.78 is 48.3. The third-order valence-electron chi connectivity index (χ3n) is 4.27. The van der Waals surface area contributed by atoms with E-state index in [1.54, 1.807) is 12.1 Å². The first-order valence-electron chi connectivity index (χ1n) is 9.31. The quantitative estimate of drug-likeness (QED) is 0.546. The van der Waals surface area contributed by atoms with Gasteiger partial charge in [-0.15, -0.1) is 5.10 Å². The number of carbonyl (C=O) groups excluding carboxylic acids is 1. The highest BCUT2D eigenvalue weighted by atomic mass is 32.2. The average molecular weight is 458 g/mol. The fraction of sp³-hybridized carbons (Fsp3) is 0.150. The molecular weight excluding hydrogens is 440 g/mol. The standard InChI is InChI=1S/C20H18N4O7S/c1-28-15-6-8-16(9-7-15)32(26,27)24-14-4-2-13(3-5-14)18(25)21-20-23-22-19(31-20)17-12-29-10-11-30-17/h2-9,12,24H,10-11H2,1H3,(H,21,23,25). The van der Waals surface area contributed by atoms with E-state index in [4.69, 9.17) is 18.6 Å². The number of hydrogen-bond donors (Lipinski definition) is 2. The smallest absolute Gasteiger partial charge is 0.322 e. The van der Waals surface area contributed by atoms with Gasteiger partial charge in [-0.05, 0) is 48.5 Å². The van der Waals surface area contributed by atoms with E-state index in [9.17, 15) is 13.2 Å². The molecule has 1 aliphatic rings. The molecule has 1 amide bonds. The second kappa shape index (κ2) is 8.98. The molecule has 0 saturated heterocycles. The first-order valence-corrected chi connectivity index (χ1v) is 10.8. The first-order chi connectivity index (χ1) is 15.4. The summed E-state index contributed by atoms with van der Waals surface area (Å²) in [7, 11) is -2.30. The summed E-state index contributed by atoms with van der Waals surface area (Å²) in [4.78, 5) is 12.5. The van der Waals surface area contributed by atoms with Crippen LogP contribution in [0, 0.1) is 0 Å². The largest absolute Gasteiger partial charge is 0.497 e. The predicted octanol–water partition coefficient (Wildman–Crippen LogP) is 2.48. The molecule has 0 aliphatic carbocycles. The SMILES string of the molecule is COc1ccc(S(=O)(=O)Nc2ccc(C(=O)Nc3nnc(C4=COCCO4)o3)cc2)cc1. The van der Waals surface area contributed by atoms with Crippen LogP contribution in [0.1, 0.15) is 16.2 Å². The van der Waals surface area contributed by atoms with Gasteiger partial charge in [-0.25, -0.2) is 8.42 Å². The van der Waals surface area contributed by atoms with E-state index in [0.29, 0.717) is 24.7 Å². The van der Waals surface area contributed by atoms with Gasteiger partial charge in [-0.3, -0.25) is 14.8 Å². The minimum Gasteiger partial charge on any atom is -0.497 e. The number of hydrogen-bond acceptors (Lipinski definition) is 9. The van der Waals surface area contributed by atoms with E-state index in [1.165, 1.54) is 49.8 Å². The fourth-order valence-corrected chi connectivity index (χ4v) is 3.74. The van der Waals surface area contributed by atoms with Crippen molar-refractivity contribution in [1.82, 2.24) is 10.2 Å². The van der Waals surface area contributed by atoms with E-state index in [0.717, 1.165) is 0 Å². The van der Waals surface area contributed by atoms with Gasteiger partial charge in [-0.2, -0.15) is 0 Å². The zero-order valence-electron chi connectivity index (χ0n) is 16.8. The Morgan fingerprint density at radius 2 is 1.78 bits per heavy atom. The lowest BCUT2D eigenvalue weighted by Gasteiger charge is -2.11. The van der Waals surface area contributed by atoms with Gasteiger partial charge in [-0.1, -0.05) is 5.10 Å². The second-order valence-electron chi connectivity index (χ2n) is 6.43. The molecule has 12 heteroatoms. The lowest BCUT2D eigenvalue weighted by molar-refractivity contribution is 0.102. The molecule has 4 rings (SSSR count). The van der Waals surface area contributed by atoms with Crippen LogP contribution >= 0.6 is 0 Å². The number of nitrogens with zero attached hydrogens (tertiary/aromatic N) is 2. The summed E-state index contributed by atoms with van der Waals surface area (Å²) in [6, 6.07) is 11.7. The van der Waals surface area contributed by atoms with Crippen molar-refractivity contribution >= 4 is 33.4 Å². The highest BCUT2D eigenvalue weighted by molar-refractivity contribution is 7.92. The Balaban J connectivity index is 1.40. The van der Waals surface area contributed by atoms with Crippen LogP contribution in [0.5, 0.6) is 5.75 Å². The van der Waals surface area contributed by atoms with Crippen LogP contribution in [0.4, 0.5) is 11.7 Å². The number of carbonyl (C=O) groups is 1. The van der Waals surface area contributed by atoms with Gasteiger partial charge in [0.1, 0.15) is 25.2 Å². The van der Waals surface area contributed by atoms with Crippen LogP contribution in [-0.4, -0.2) is 44.8 Å². The Hall–Kier alpha value is -4.06. The average Bonchev–Trinajstić information content (AvgIpc) is 3.28. The molecule has 0 saturated carbocycles. The number of anilines is 2. The van der Waals surface area contributed by atoms with Gasteiger partial charge in [0.05, 0.1) is 12.0 Å². The molecule has 166 valence electrons. The van der Waals surface area contributed by atoms with Gasteiger partial charge < -0.3 is 18.6 Å². The molecule has 1 aromatic heterocycles. The monoisotopic (exact) mass is 458 g/mol. The second-order valence-corrected chi connectivity index (χ2v) is 8.11. The molecule has 2 N–H and O–H groups in total. The Morgan fingerprint density at radius 3 is 2.44 bits per heavy atom. The summed E-state index contributed by atoms with van der Waals surface area (Å²) in [6.45, 7) is 0.776. The third kappa shape index (κ3) is 4.81. The molecule has 3 aromatic rings. The van der Waals surface area contributed by atoms with Crippen molar-refractivity contribution in [2.24, 2.45) is 0 Å². The molecule has 11 nitrogen and oxygen atoms in total. The number of nitrogens with one attached hydrogen (secondary N) is 2. The first kappa shape index (κ1) is 21.2. The number of amides is 1. The van der Waals surface area contributed by atoms with Gasteiger partial charge in [0.15, 0.2) is 0 Å². The zero-order chi connectivity index (χ0) is 22.6. The minimum absolute atomic E-state index is 0.0725. The number of aromatic nitrogens is 2. The molecule has 0 spiro atoms. The zero-order valence-corrected chi connectivity index (χ0v) is 17.6. The lowest BCUT2D eigenvalue weighted by atomic mass is 10.2. The molecule has 32 heavy (non-hydrogen) atoms. The predicted molar refractivity (Wildman–Crippen MR) is 112 cm³/mol. The molecule has 2 heterocycles. The number of methoxy groups -OCH3 is 1. The maximum absolute atomic E-state index is 12.5. The van der Waals surface area contributed by atoms with Crippen LogP contribution in [-0.2, 0) is 19.5 Å². The van der Waals surface area contributed by atoms with Crippen molar-refractivity contribution in [1.29, 1.82) is 0 Å². The maximum Gasteiger partial charge on any atom is 0.322 e. The third-order valence-corrected chi connectivity index (χ3v) is 5.67. The van der Waals surface area contributed by atoms with Gasteiger partial charge in [0, 0.05) is 11.3 Å². The molecule has 0 unspecified atom stereocenters. The van der Waals surface area contributed by atoms with E-state index >= 15 is 0 Å².